The van der Waals surface area contributed by atoms with Gasteiger partial charge in [-0.25, -0.2) is 0 Å². The van der Waals surface area contributed by atoms with Gasteiger partial charge in [-0.3, -0.25) is 0 Å². The van der Waals surface area contributed by atoms with E-state index in [0.29, 0.717) is 12.4 Å². The minimum atomic E-state index is 0.412. The predicted octanol–water partition coefficient (Wildman–Crippen LogP) is 17.2. The molecule has 0 saturated carbocycles. The first kappa shape index (κ1) is 57.7. The van der Waals surface area contributed by atoms with Crippen LogP contribution < -0.4 is 4.89 Å². The Hall–Kier alpha value is -5.36. The zero-order chi connectivity index (χ0) is 46.3. The van der Waals surface area contributed by atoms with Gasteiger partial charge in [0.25, 0.3) is 0 Å². The molecule has 0 aliphatic heterocycles. The summed E-state index contributed by atoms with van der Waals surface area (Å²) in [6, 6.07) is 50.8. The summed E-state index contributed by atoms with van der Waals surface area (Å²) in [5.74, 6) is 6.96. The van der Waals surface area contributed by atoms with Crippen LogP contribution in [0.25, 0.3) is 0 Å². The molecule has 330 valence electrons. The summed E-state index contributed by atoms with van der Waals surface area (Å²) >= 11 is 0. The zero-order valence-corrected chi connectivity index (χ0v) is 41.2. The first-order valence-corrected chi connectivity index (χ1v) is 23.1. The van der Waals surface area contributed by atoms with Crippen molar-refractivity contribution in [3.05, 3.63) is 207 Å². The van der Waals surface area contributed by atoms with Gasteiger partial charge in [-0.15, -0.1) is 0 Å². The first-order chi connectivity index (χ1) is 29.9. The van der Waals surface area contributed by atoms with Crippen molar-refractivity contribution in [2.75, 3.05) is 0 Å². The van der Waals surface area contributed by atoms with E-state index in [9.17, 15) is 0 Å². The van der Waals surface area contributed by atoms with Crippen LogP contribution in [0.5, 0.6) is 5.75 Å². The normalized spacial score (nSPS) is 8.92. The Morgan fingerprint density at radius 1 is 0.295 bits per heavy atom. The molecule has 0 saturated heterocycles. The Balaban J connectivity index is 0. The third kappa shape index (κ3) is 26.5. The molecular formula is C59H82O2. The van der Waals surface area contributed by atoms with Gasteiger partial charge < -0.3 is 4.89 Å². The van der Waals surface area contributed by atoms with Crippen molar-refractivity contribution < 1.29 is 9.78 Å². The summed E-state index contributed by atoms with van der Waals surface area (Å²) in [4.78, 5) is 10.6. The van der Waals surface area contributed by atoms with Crippen LogP contribution >= 0.6 is 0 Å². The van der Waals surface area contributed by atoms with Gasteiger partial charge in [0.2, 0.25) is 0 Å². The average Bonchev–Trinajstić information content (AvgIpc) is 3.34. The van der Waals surface area contributed by atoms with Gasteiger partial charge in [0.15, 0.2) is 5.75 Å². The second-order valence-corrected chi connectivity index (χ2v) is 12.8. The molecule has 2 heteroatoms. The molecule has 6 aromatic carbocycles. The second kappa shape index (κ2) is 38.8. The van der Waals surface area contributed by atoms with E-state index in [0.717, 1.165) is 42.4 Å². The van der Waals surface area contributed by atoms with Crippen LogP contribution in [0.4, 0.5) is 0 Å². The molecule has 0 bridgehead atoms. The standard InChI is InChI=1S/C24H26.C23H20O2.6C2H6/c1-19-3-7-21(8-4-19)11-13-23-15-17-24(18-16-23)14-12-22-9-5-20(2)6-10-22;1-18-3-7-20(8-4-18)11-12-21-13-15-23(16-14-21)25-24-17-22-9-5-19(2)6-10-22;6*1-2/h3-10,15-18H,11-14H2,1-2H3;3-10,13-16H,17H2,1-2H3;6*1-2H3. The van der Waals surface area contributed by atoms with E-state index in [4.69, 9.17) is 9.78 Å². The van der Waals surface area contributed by atoms with E-state index in [2.05, 4.69) is 137 Å². The maximum Gasteiger partial charge on any atom is 0.165 e. The molecule has 0 atom stereocenters. The highest BCUT2D eigenvalue weighted by Gasteiger charge is 2.00. The number of hydrogen-bond acceptors (Lipinski definition) is 2. The molecule has 0 spiro atoms. The highest BCUT2D eigenvalue weighted by Crippen LogP contribution is 2.15. The van der Waals surface area contributed by atoms with Crippen molar-refractivity contribution in [3.63, 3.8) is 0 Å². The average molecular weight is 823 g/mol. The monoisotopic (exact) mass is 823 g/mol. The van der Waals surface area contributed by atoms with Crippen molar-refractivity contribution in [1.82, 2.24) is 0 Å². The Kier molecular flexibility index (Phi) is 36.7. The van der Waals surface area contributed by atoms with E-state index >= 15 is 0 Å². The van der Waals surface area contributed by atoms with Gasteiger partial charge in [0.05, 0.1) is 0 Å². The summed E-state index contributed by atoms with van der Waals surface area (Å²) < 4.78 is 0. The molecule has 0 aliphatic carbocycles. The minimum absolute atomic E-state index is 0.412. The minimum Gasteiger partial charge on any atom is -0.337 e. The molecule has 0 aliphatic rings. The van der Waals surface area contributed by atoms with Crippen LogP contribution in [0.2, 0.25) is 0 Å². The lowest BCUT2D eigenvalue weighted by molar-refractivity contribution is -0.217. The molecule has 0 amide bonds. The highest BCUT2D eigenvalue weighted by molar-refractivity contribution is 5.44. The van der Waals surface area contributed by atoms with Crippen LogP contribution in [0.1, 0.15) is 144 Å². The fraction of sp³-hybridized carbons (Fsp3) is 0.356. The topological polar surface area (TPSA) is 18.5 Å². The van der Waals surface area contributed by atoms with Crippen LogP contribution in [0.15, 0.2) is 146 Å². The molecule has 2 nitrogen and oxygen atoms in total. The van der Waals surface area contributed by atoms with E-state index in [1.165, 1.54) is 44.5 Å². The van der Waals surface area contributed by atoms with Crippen molar-refractivity contribution in [3.8, 4) is 17.6 Å². The lowest BCUT2D eigenvalue weighted by Crippen LogP contribution is -1.97. The summed E-state index contributed by atoms with van der Waals surface area (Å²) in [6.45, 7) is 32.8. The molecule has 0 heterocycles. The molecule has 61 heavy (non-hydrogen) atoms. The molecular weight excluding hydrogens is 741 g/mol. The summed E-state index contributed by atoms with van der Waals surface area (Å²) in [6.07, 6.45) is 4.45. The highest BCUT2D eigenvalue weighted by atomic mass is 17.2. The molecule has 6 rings (SSSR count). The number of hydrogen-bond donors (Lipinski definition) is 0. The molecule has 0 unspecified atom stereocenters. The number of benzene rings is 6. The third-order valence-electron chi connectivity index (χ3n) is 8.43. The van der Waals surface area contributed by atoms with Crippen molar-refractivity contribution in [2.45, 2.75) is 143 Å². The fourth-order valence-electron chi connectivity index (χ4n) is 5.18. The maximum absolute atomic E-state index is 5.32. The Labute approximate surface area is 375 Å². The molecule has 0 aromatic heterocycles. The largest absolute Gasteiger partial charge is 0.337 e. The molecule has 6 aromatic rings. The SMILES string of the molecule is CC.CC.CC.CC.CC.CC.Cc1ccc(C#Cc2ccc(OOCc3ccc(C)cc3)cc2)cc1.Cc1ccc(CCc2ccc(CCc3ccc(C)cc3)cc2)cc1. The van der Waals surface area contributed by atoms with Gasteiger partial charge in [-0.2, -0.15) is 4.89 Å². The molecule has 0 N–H and O–H groups in total. The Morgan fingerprint density at radius 2 is 0.525 bits per heavy atom. The smallest absolute Gasteiger partial charge is 0.165 e. The van der Waals surface area contributed by atoms with Gasteiger partial charge in [0.1, 0.15) is 6.61 Å². The molecule has 0 fully saturated rings. The quantitative estimate of drug-likeness (QED) is 0.0778. The first-order valence-electron chi connectivity index (χ1n) is 23.1. The zero-order valence-electron chi connectivity index (χ0n) is 41.2. The van der Waals surface area contributed by atoms with E-state index in [-0.39, 0.29) is 0 Å². The summed E-state index contributed by atoms with van der Waals surface area (Å²) in [7, 11) is 0. The predicted molar refractivity (Wildman–Crippen MR) is 272 cm³/mol. The van der Waals surface area contributed by atoms with Crippen LogP contribution in [-0.2, 0) is 37.2 Å². The van der Waals surface area contributed by atoms with Crippen molar-refractivity contribution in [2.24, 2.45) is 0 Å². The number of rotatable bonds is 10. The second-order valence-electron chi connectivity index (χ2n) is 12.8. The van der Waals surface area contributed by atoms with Gasteiger partial charge in [-0.05, 0) is 118 Å². The number of aryl methyl sites for hydroxylation is 8. The summed E-state index contributed by atoms with van der Waals surface area (Å²) in [5.41, 5.74) is 13.8. The van der Waals surface area contributed by atoms with E-state index in [1.807, 2.05) is 132 Å². The Bertz CT molecular complexity index is 1840. The van der Waals surface area contributed by atoms with Gasteiger partial charge in [-0.1, -0.05) is 226 Å². The molecule has 0 radical (unpaired) electrons. The van der Waals surface area contributed by atoms with Crippen molar-refractivity contribution >= 4 is 0 Å². The van der Waals surface area contributed by atoms with Crippen LogP contribution in [0, 0.1) is 39.5 Å². The van der Waals surface area contributed by atoms with Crippen LogP contribution in [-0.4, -0.2) is 0 Å². The van der Waals surface area contributed by atoms with Gasteiger partial charge >= 0.3 is 0 Å². The fourth-order valence-corrected chi connectivity index (χ4v) is 5.18. The third-order valence-corrected chi connectivity index (χ3v) is 8.43. The Morgan fingerprint density at radius 3 is 0.820 bits per heavy atom. The van der Waals surface area contributed by atoms with Gasteiger partial charge in [0, 0.05) is 11.1 Å². The van der Waals surface area contributed by atoms with E-state index < -0.39 is 0 Å². The van der Waals surface area contributed by atoms with Crippen LogP contribution in [0.3, 0.4) is 0 Å². The van der Waals surface area contributed by atoms with E-state index in [1.54, 1.807) is 0 Å². The lowest BCUT2D eigenvalue weighted by atomic mass is 10.00. The van der Waals surface area contributed by atoms with Crippen molar-refractivity contribution in [1.29, 1.82) is 0 Å². The summed E-state index contributed by atoms with van der Waals surface area (Å²) in [5, 5.41) is 0. The maximum atomic E-state index is 5.32. The lowest BCUT2D eigenvalue weighted by Gasteiger charge is -2.06.